The molecule has 0 atom stereocenters. The SMILES string of the molecule is CCCS(=O)(=O)N1CCC(NC(=O)c2cc(C3CC3)on2)CC1. The minimum Gasteiger partial charge on any atom is -0.360 e. The van der Waals surface area contributed by atoms with Crippen molar-refractivity contribution in [2.45, 2.75) is 51.0 Å². The summed E-state index contributed by atoms with van der Waals surface area (Å²) < 4.78 is 30.8. The van der Waals surface area contributed by atoms with Crippen LogP contribution in [0.4, 0.5) is 0 Å². The van der Waals surface area contributed by atoms with Crippen LogP contribution < -0.4 is 5.32 Å². The average molecular weight is 341 g/mol. The molecular formula is C15H23N3O4S. The quantitative estimate of drug-likeness (QED) is 0.846. The summed E-state index contributed by atoms with van der Waals surface area (Å²) in [5, 5.41) is 6.76. The molecule has 2 fully saturated rings. The maximum atomic E-state index is 12.2. The van der Waals surface area contributed by atoms with Gasteiger partial charge in [-0.1, -0.05) is 12.1 Å². The van der Waals surface area contributed by atoms with E-state index in [1.165, 1.54) is 4.31 Å². The molecule has 1 saturated heterocycles. The molecule has 7 nitrogen and oxygen atoms in total. The van der Waals surface area contributed by atoms with Crippen LogP contribution >= 0.6 is 0 Å². The number of amides is 1. The number of piperidine rings is 1. The molecule has 1 aromatic heterocycles. The Morgan fingerprint density at radius 1 is 1.35 bits per heavy atom. The van der Waals surface area contributed by atoms with Crippen LogP contribution in [0, 0.1) is 0 Å². The molecule has 0 radical (unpaired) electrons. The first kappa shape index (κ1) is 16.4. The zero-order chi connectivity index (χ0) is 16.4. The second-order valence-electron chi connectivity index (χ2n) is 6.35. The molecule has 2 heterocycles. The fourth-order valence-electron chi connectivity index (χ4n) is 2.88. The van der Waals surface area contributed by atoms with Gasteiger partial charge in [0.15, 0.2) is 5.69 Å². The summed E-state index contributed by atoms with van der Waals surface area (Å²) in [6.07, 6.45) is 4.07. The molecule has 0 bridgehead atoms. The lowest BCUT2D eigenvalue weighted by Gasteiger charge is -2.31. The molecule has 3 rings (SSSR count). The van der Waals surface area contributed by atoms with Gasteiger partial charge in [-0.3, -0.25) is 4.79 Å². The molecule has 0 unspecified atom stereocenters. The minimum absolute atomic E-state index is 0.0170. The van der Waals surface area contributed by atoms with Crippen LogP contribution in [-0.2, 0) is 10.0 Å². The molecule has 1 aliphatic heterocycles. The van der Waals surface area contributed by atoms with Gasteiger partial charge in [-0.2, -0.15) is 0 Å². The number of rotatable bonds is 6. The molecule has 0 spiro atoms. The van der Waals surface area contributed by atoms with Crippen molar-refractivity contribution in [3.8, 4) is 0 Å². The summed E-state index contributed by atoms with van der Waals surface area (Å²) in [7, 11) is -3.14. The van der Waals surface area contributed by atoms with Crippen LogP contribution in [0.5, 0.6) is 0 Å². The molecule has 128 valence electrons. The van der Waals surface area contributed by atoms with Crippen molar-refractivity contribution in [1.82, 2.24) is 14.8 Å². The summed E-state index contributed by atoms with van der Waals surface area (Å²) in [5.41, 5.74) is 0.313. The summed E-state index contributed by atoms with van der Waals surface area (Å²) in [4.78, 5) is 12.2. The second-order valence-corrected chi connectivity index (χ2v) is 8.44. The summed E-state index contributed by atoms with van der Waals surface area (Å²) >= 11 is 0. The van der Waals surface area contributed by atoms with Crippen molar-refractivity contribution in [3.63, 3.8) is 0 Å². The highest BCUT2D eigenvalue weighted by Crippen LogP contribution is 2.40. The Balaban J connectivity index is 1.50. The third kappa shape index (κ3) is 3.92. The fraction of sp³-hybridized carbons (Fsp3) is 0.733. The van der Waals surface area contributed by atoms with Gasteiger partial charge in [0.25, 0.3) is 5.91 Å². The van der Waals surface area contributed by atoms with Crippen LogP contribution in [0.25, 0.3) is 0 Å². The van der Waals surface area contributed by atoms with Crippen LogP contribution in [0.2, 0.25) is 0 Å². The maximum Gasteiger partial charge on any atom is 0.273 e. The Morgan fingerprint density at radius 2 is 2.04 bits per heavy atom. The summed E-state index contributed by atoms with van der Waals surface area (Å²) in [6, 6.07) is 1.70. The normalized spacial score (nSPS) is 20.6. The highest BCUT2D eigenvalue weighted by atomic mass is 32.2. The Labute approximate surface area is 136 Å². The van der Waals surface area contributed by atoms with Crippen LogP contribution in [0.1, 0.15) is 61.2 Å². The lowest BCUT2D eigenvalue weighted by atomic mass is 10.1. The van der Waals surface area contributed by atoms with E-state index < -0.39 is 10.0 Å². The van der Waals surface area contributed by atoms with E-state index in [-0.39, 0.29) is 17.7 Å². The van der Waals surface area contributed by atoms with E-state index in [0.717, 1.165) is 18.6 Å². The number of nitrogens with zero attached hydrogens (tertiary/aromatic N) is 2. The fourth-order valence-corrected chi connectivity index (χ4v) is 4.42. The number of aromatic nitrogens is 1. The van der Waals surface area contributed by atoms with E-state index in [4.69, 9.17) is 4.52 Å². The number of carbonyl (C=O) groups is 1. The van der Waals surface area contributed by atoms with Crippen LogP contribution in [-0.4, -0.2) is 48.7 Å². The molecule has 1 amide bonds. The predicted molar refractivity (Wildman–Crippen MR) is 84.6 cm³/mol. The Hall–Kier alpha value is -1.41. The molecule has 8 heteroatoms. The topological polar surface area (TPSA) is 92.5 Å². The van der Waals surface area contributed by atoms with E-state index in [0.29, 0.717) is 44.0 Å². The number of sulfonamides is 1. The first-order valence-corrected chi connectivity index (χ1v) is 9.86. The monoisotopic (exact) mass is 341 g/mol. The zero-order valence-corrected chi connectivity index (χ0v) is 14.1. The first-order valence-electron chi connectivity index (χ1n) is 8.25. The van der Waals surface area contributed by atoms with Crippen LogP contribution in [0.15, 0.2) is 10.6 Å². The van der Waals surface area contributed by atoms with Gasteiger partial charge in [0.1, 0.15) is 5.76 Å². The van der Waals surface area contributed by atoms with E-state index in [1.807, 2.05) is 6.92 Å². The molecule has 1 aromatic rings. The smallest absolute Gasteiger partial charge is 0.273 e. The molecule has 23 heavy (non-hydrogen) atoms. The zero-order valence-electron chi connectivity index (χ0n) is 13.3. The third-order valence-electron chi connectivity index (χ3n) is 4.39. The average Bonchev–Trinajstić information content (AvgIpc) is 3.25. The molecule has 1 aliphatic carbocycles. The molecule has 1 saturated carbocycles. The van der Waals surface area contributed by atoms with Gasteiger partial charge in [0, 0.05) is 31.1 Å². The third-order valence-corrected chi connectivity index (χ3v) is 6.46. The highest BCUT2D eigenvalue weighted by Gasteiger charge is 2.31. The van der Waals surface area contributed by atoms with E-state index in [2.05, 4.69) is 10.5 Å². The Morgan fingerprint density at radius 3 is 2.65 bits per heavy atom. The lowest BCUT2D eigenvalue weighted by molar-refractivity contribution is 0.0914. The van der Waals surface area contributed by atoms with E-state index in [9.17, 15) is 13.2 Å². The van der Waals surface area contributed by atoms with Crippen molar-refractivity contribution < 1.29 is 17.7 Å². The van der Waals surface area contributed by atoms with Crippen LogP contribution in [0.3, 0.4) is 0 Å². The van der Waals surface area contributed by atoms with E-state index >= 15 is 0 Å². The number of nitrogens with one attached hydrogen (secondary N) is 1. The molecule has 0 aromatic carbocycles. The minimum atomic E-state index is -3.14. The van der Waals surface area contributed by atoms with Gasteiger partial charge in [-0.25, -0.2) is 12.7 Å². The molecule has 2 aliphatic rings. The first-order chi connectivity index (χ1) is 11.0. The summed E-state index contributed by atoms with van der Waals surface area (Å²) in [5.74, 6) is 1.16. The van der Waals surface area contributed by atoms with Crippen molar-refractivity contribution in [1.29, 1.82) is 0 Å². The van der Waals surface area contributed by atoms with Gasteiger partial charge in [-0.15, -0.1) is 0 Å². The van der Waals surface area contributed by atoms with Gasteiger partial charge >= 0.3 is 0 Å². The Kier molecular flexibility index (Phi) is 4.72. The van der Waals surface area contributed by atoms with E-state index in [1.54, 1.807) is 6.07 Å². The standard InChI is InChI=1S/C15H23N3O4S/c1-2-9-23(20,21)18-7-5-12(6-8-18)16-15(19)13-10-14(22-17-13)11-3-4-11/h10-12H,2-9H2,1H3,(H,16,19). The van der Waals surface area contributed by atoms with Gasteiger partial charge in [0.05, 0.1) is 5.75 Å². The number of hydrogen-bond donors (Lipinski definition) is 1. The highest BCUT2D eigenvalue weighted by molar-refractivity contribution is 7.89. The van der Waals surface area contributed by atoms with Crippen molar-refractivity contribution in [3.05, 3.63) is 17.5 Å². The second kappa shape index (κ2) is 6.60. The van der Waals surface area contributed by atoms with Crippen molar-refractivity contribution in [2.24, 2.45) is 0 Å². The molecular weight excluding hydrogens is 318 g/mol. The van der Waals surface area contributed by atoms with Crippen molar-refractivity contribution >= 4 is 15.9 Å². The number of carbonyl (C=O) groups excluding carboxylic acids is 1. The summed E-state index contributed by atoms with van der Waals surface area (Å²) in [6.45, 7) is 2.77. The maximum absolute atomic E-state index is 12.2. The predicted octanol–water partition coefficient (Wildman–Crippen LogP) is 1.49. The largest absolute Gasteiger partial charge is 0.360 e. The van der Waals surface area contributed by atoms with Gasteiger partial charge in [0.2, 0.25) is 10.0 Å². The molecule has 1 N–H and O–H groups in total. The van der Waals surface area contributed by atoms with Crippen molar-refractivity contribution in [2.75, 3.05) is 18.8 Å². The number of hydrogen-bond acceptors (Lipinski definition) is 5. The van der Waals surface area contributed by atoms with Gasteiger partial charge < -0.3 is 9.84 Å². The lowest BCUT2D eigenvalue weighted by Crippen LogP contribution is -2.47. The van der Waals surface area contributed by atoms with Gasteiger partial charge in [-0.05, 0) is 32.1 Å². The Bertz CT molecular complexity index is 658.